The highest BCUT2D eigenvalue weighted by molar-refractivity contribution is 7.91. The van der Waals surface area contributed by atoms with Crippen molar-refractivity contribution in [1.29, 1.82) is 0 Å². The minimum Gasteiger partial charge on any atom is -0.298 e. The monoisotopic (exact) mass is 312 g/mol. The molecule has 1 heterocycles. The fraction of sp³-hybridized carbons (Fsp3) is 0.375. The van der Waals surface area contributed by atoms with Crippen LogP contribution in [0.4, 0.5) is 5.69 Å². The Kier molecular flexibility index (Phi) is 4.43. The zero-order chi connectivity index (χ0) is 14.1. The number of carbonyl (C=O) groups is 1. The van der Waals surface area contributed by atoms with Crippen molar-refractivity contribution in [2.75, 3.05) is 0 Å². The number of Topliss-reactive ketones (excluding diaryl/α,β-unsaturated/α-hetero) is 1. The van der Waals surface area contributed by atoms with Gasteiger partial charge in [0.2, 0.25) is 0 Å². The second-order valence-corrected chi connectivity index (χ2v) is 7.03. The van der Waals surface area contributed by atoms with E-state index in [4.69, 9.17) is 11.6 Å². The van der Waals surface area contributed by atoms with Gasteiger partial charge < -0.3 is 0 Å². The first kappa shape index (κ1) is 15.0. The number of nitrogens with one attached hydrogen (secondary N) is 1. The number of hydrogen-bond donors (Lipinski definition) is 1. The van der Waals surface area contributed by atoms with E-state index in [1.54, 1.807) is 0 Å². The third kappa shape index (κ3) is 3.25. The maximum atomic E-state index is 11.8. The zero-order valence-corrected chi connectivity index (χ0v) is 11.7. The lowest BCUT2D eigenvalue weighted by molar-refractivity contribution is -0.384. The fourth-order valence-electron chi connectivity index (χ4n) is 0.969. The molecule has 0 aromatic carbocycles. The van der Waals surface area contributed by atoms with Gasteiger partial charge in [0.1, 0.15) is 9.99 Å². The van der Waals surface area contributed by atoms with E-state index in [2.05, 4.69) is 4.72 Å². The van der Waals surface area contributed by atoms with Gasteiger partial charge in [0.05, 0.1) is 11.0 Å². The molecular weight excluding hydrogens is 304 g/mol. The van der Waals surface area contributed by atoms with E-state index in [1.807, 2.05) is 0 Å². The standard InChI is InChI=1S/C8H9ClN2O5S2/c1-4(5(2)12)10-18(15,16)7-3-6(11(13)14)8(9)17-7/h3-4,10H,1-2H3. The molecule has 0 aliphatic heterocycles. The number of ketones is 1. The molecule has 1 atom stereocenters. The zero-order valence-electron chi connectivity index (χ0n) is 9.34. The molecule has 0 fully saturated rings. The Labute approximate surface area is 112 Å². The van der Waals surface area contributed by atoms with Crippen LogP contribution in [-0.2, 0) is 14.8 Å². The largest absolute Gasteiger partial charge is 0.300 e. The molecule has 0 aliphatic rings. The van der Waals surface area contributed by atoms with E-state index in [-0.39, 0.29) is 14.3 Å². The summed E-state index contributed by atoms with van der Waals surface area (Å²) in [5, 5.41) is 10.6. The quantitative estimate of drug-likeness (QED) is 0.656. The van der Waals surface area contributed by atoms with Gasteiger partial charge in [-0.25, -0.2) is 13.1 Å². The lowest BCUT2D eigenvalue weighted by Crippen LogP contribution is -2.36. The SMILES string of the molecule is CC(=O)C(C)NS(=O)(=O)c1cc([N+](=O)[O-])c(Cl)s1. The number of halogens is 1. The third-order valence-electron chi connectivity index (χ3n) is 2.05. The van der Waals surface area contributed by atoms with Crippen molar-refractivity contribution >= 4 is 44.4 Å². The van der Waals surface area contributed by atoms with Crippen molar-refractivity contribution in [3.8, 4) is 0 Å². The smallest absolute Gasteiger partial charge is 0.298 e. The van der Waals surface area contributed by atoms with Crippen molar-refractivity contribution in [2.24, 2.45) is 0 Å². The molecule has 7 nitrogen and oxygen atoms in total. The van der Waals surface area contributed by atoms with Crippen LogP contribution in [0.1, 0.15) is 13.8 Å². The van der Waals surface area contributed by atoms with Gasteiger partial charge in [0.25, 0.3) is 15.7 Å². The van der Waals surface area contributed by atoms with Crippen LogP contribution in [0, 0.1) is 10.1 Å². The Bertz CT molecular complexity index is 595. The van der Waals surface area contributed by atoms with E-state index in [1.165, 1.54) is 13.8 Å². The predicted molar refractivity (Wildman–Crippen MR) is 66.4 cm³/mol. The molecule has 0 saturated carbocycles. The number of rotatable bonds is 5. The van der Waals surface area contributed by atoms with Crippen LogP contribution in [0.3, 0.4) is 0 Å². The molecule has 1 rings (SSSR count). The lowest BCUT2D eigenvalue weighted by atomic mass is 10.3. The molecule has 0 radical (unpaired) electrons. The number of thiophene rings is 1. The van der Waals surface area contributed by atoms with E-state index in [9.17, 15) is 23.3 Å². The molecular formula is C8H9ClN2O5S2. The minimum atomic E-state index is -3.98. The average molecular weight is 313 g/mol. The van der Waals surface area contributed by atoms with Crippen LogP contribution in [-0.4, -0.2) is 25.2 Å². The molecule has 100 valence electrons. The summed E-state index contributed by atoms with van der Waals surface area (Å²) in [7, 11) is -3.98. The van der Waals surface area contributed by atoms with Crippen molar-refractivity contribution < 1.29 is 18.1 Å². The van der Waals surface area contributed by atoms with Gasteiger partial charge in [-0.2, -0.15) is 0 Å². The molecule has 0 aliphatic carbocycles. The maximum absolute atomic E-state index is 11.8. The van der Waals surface area contributed by atoms with E-state index >= 15 is 0 Å². The first-order valence-electron chi connectivity index (χ1n) is 4.61. The molecule has 0 saturated heterocycles. The van der Waals surface area contributed by atoms with Crippen molar-refractivity contribution in [3.63, 3.8) is 0 Å². The Balaban J connectivity index is 3.10. The van der Waals surface area contributed by atoms with Crippen molar-refractivity contribution in [3.05, 3.63) is 20.5 Å². The van der Waals surface area contributed by atoms with Crippen LogP contribution in [0.25, 0.3) is 0 Å². The summed E-state index contributed by atoms with van der Waals surface area (Å²) < 4.78 is 25.2. The first-order valence-corrected chi connectivity index (χ1v) is 7.29. The predicted octanol–water partition coefficient (Wildman–Crippen LogP) is 1.57. The molecule has 18 heavy (non-hydrogen) atoms. The first-order chi connectivity index (χ1) is 8.15. The second kappa shape index (κ2) is 5.31. The molecule has 0 amide bonds. The highest BCUT2D eigenvalue weighted by atomic mass is 35.5. The summed E-state index contributed by atoms with van der Waals surface area (Å²) in [4.78, 5) is 20.8. The van der Waals surface area contributed by atoms with Gasteiger partial charge in [0.15, 0.2) is 4.34 Å². The van der Waals surface area contributed by atoms with Gasteiger partial charge >= 0.3 is 0 Å². The molecule has 1 N–H and O–H groups in total. The fourth-order valence-corrected chi connectivity index (χ4v) is 3.91. The minimum absolute atomic E-state index is 0.226. The summed E-state index contributed by atoms with van der Waals surface area (Å²) in [5.41, 5.74) is -0.475. The summed E-state index contributed by atoms with van der Waals surface area (Å²) in [6.07, 6.45) is 0. The second-order valence-electron chi connectivity index (χ2n) is 3.44. The van der Waals surface area contributed by atoms with E-state index in [0.717, 1.165) is 6.07 Å². The van der Waals surface area contributed by atoms with Gasteiger partial charge in [0, 0.05) is 6.07 Å². The normalized spacial score (nSPS) is 13.3. The van der Waals surface area contributed by atoms with Crippen LogP contribution in [0.15, 0.2) is 10.3 Å². The van der Waals surface area contributed by atoms with Crippen LogP contribution < -0.4 is 4.72 Å². The third-order valence-corrected chi connectivity index (χ3v) is 5.40. The highest BCUT2D eigenvalue weighted by Crippen LogP contribution is 2.36. The molecule has 1 unspecified atom stereocenters. The van der Waals surface area contributed by atoms with Gasteiger partial charge in [-0.05, 0) is 13.8 Å². The van der Waals surface area contributed by atoms with Crippen LogP contribution >= 0.6 is 22.9 Å². The van der Waals surface area contributed by atoms with Gasteiger partial charge in [-0.1, -0.05) is 11.6 Å². The number of hydrogen-bond acceptors (Lipinski definition) is 6. The van der Waals surface area contributed by atoms with E-state index < -0.39 is 26.7 Å². The number of nitro groups is 1. The summed E-state index contributed by atoms with van der Waals surface area (Å²) >= 11 is 6.13. The summed E-state index contributed by atoms with van der Waals surface area (Å²) in [5.74, 6) is -0.365. The van der Waals surface area contributed by atoms with E-state index in [0.29, 0.717) is 11.3 Å². The molecule has 0 bridgehead atoms. The Hall–Kier alpha value is -1.03. The number of carbonyl (C=O) groups excluding carboxylic acids is 1. The molecule has 10 heteroatoms. The number of sulfonamides is 1. The van der Waals surface area contributed by atoms with Crippen molar-refractivity contribution in [2.45, 2.75) is 24.1 Å². The van der Waals surface area contributed by atoms with Crippen molar-refractivity contribution in [1.82, 2.24) is 4.72 Å². The Morgan fingerprint density at radius 2 is 2.17 bits per heavy atom. The summed E-state index contributed by atoms with van der Waals surface area (Å²) in [6.45, 7) is 2.61. The molecule has 1 aromatic heterocycles. The highest BCUT2D eigenvalue weighted by Gasteiger charge is 2.27. The maximum Gasteiger partial charge on any atom is 0.300 e. The Morgan fingerprint density at radius 1 is 1.61 bits per heavy atom. The number of nitrogens with zero attached hydrogens (tertiary/aromatic N) is 1. The molecule has 1 aromatic rings. The van der Waals surface area contributed by atoms with Crippen LogP contribution in [0.2, 0.25) is 4.34 Å². The topological polar surface area (TPSA) is 106 Å². The summed E-state index contributed by atoms with van der Waals surface area (Å²) in [6, 6.07) is -0.0442. The van der Waals surface area contributed by atoms with Gasteiger partial charge in [-0.3, -0.25) is 14.9 Å². The molecule has 0 spiro atoms. The average Bonchev–Trinajstić information content (AvgIpc) is 2.60. The Morgan fingerprint density at radius 3 is 2.56 bits per heavy atom. The van der Waals surface area contributed by atoms with Gasteiger partial charge in [-0.15, -0.1) is 11.3 Å². The lowest BCUT2D eigenvalue weighted by Gasteiger charge is -2.09. The van der Waals surface area contributed by atoms with Crippen LogP contribution in [0.5, 0.6) is 0 Å².